The number of nitrogens with zero attached hydrogens (tertiary/aromatic N) is 1. The molecule has 0 amide bonds. The summed E-state index contributed by atoms with van der Waals surface area (Å²) < 4.78 is 0. The van der Waals surface area contributed by atoms with Gasteiger partial charge >= 0.3 is 0 Å². The van der Waals surface area contributed by atoms with Crippen LogP contribution in [0.15, 0.2) is 24.3 Å². The van der Waals surface area contributed by atoms with Crippen LogP contribution in [0.2, 0.25) is 19.6 Å². The van der Waals surface area contributed by atoms with E-state index in [0.717, 1.165) is 19.0 Å². The molecule has 1 atom stereocenters. The summed E-state index contributed by atoms with van der Waals surface area (Å²) in [4.78, 5) is 2.43. The molecule has 0 saturated carbocycles. The van der Waals surface area contributed by atoms with E-state index in [1.165, 1.54) is 25.1 Å². The summed E-state index contributed by atoms with van der Waals surface area (Å²) >= 11 is 0. The van der Waals surface area contributed by atoms with Gasteiger partial charge in [0.2, 0.25) is 0 Å². The van der Waals surface area contributed by atoms with Gasteiger partial charge < -0.3 is 10.2 Å². The number of benzene rings is 1. The number of hydrogen-bond acceptors (Lipinski definition) is 2. The molecule has 0 aromatic heterocycles. The van der Waals surface area contributed by atoms with Gasteiger partial charge in [0.15, 0.2) is 0 Å². The van der Waals surface area contributed by atoms with Crippen molar-refractivity contribution >= 4 is 13.3 Å². The van der Waals surface area contributed by atoms with E-state index in [1.807, 2.05) is 0 Å². The standard InChI is InChI=1S/C16H28N2Si/c1-18-10-9-15(13-18)12-17-11-14-5-7-16(8-6-14)19(2,3)4/h5-8,15,17H,9-13H2,1-4H3. The summed E-state index contributed by atoms with van der Waals surface area (Å²) in [6.45, 7) is 11.9. The predicted molar refractivity (Wildman–Crippen MR) is 86.7 cm³/mol. The molecule has 3 heteroatoms. The van der Waals surface area contributed by atoms with Crippen LogP contribution in [0.25, 0.3) is 0 Å². The Morgan fingerprint density at radius 2 is 1.89 bits per heavy atom. The third-order valence-corrected chi connectivity index (χ3v) is 6.14. The highest BCUT2D eigenvalue weighted by molar-refractivity contribution is 6.88. The van der Waals surface area contributed by atoms with Crippen molar-refractivity contribution in [3.8, 4) is 0 Å². The lowest BCUT2D eigenvalue weighted by molar-refractivity contribution is 0.388. The van der Waals surface area contributed by atoms with E-state index in [1.54, 1.807) is 5.19 Å². The first-order valence-corrected chi connectivity index (χ1v) is 10.9. The molecule has 1 aliphatic rings. The Hall–Kier alpha value is -0.643. The summed E-state index contributed by atoms with van der Waals surface area (Å²) in [5, 5.41) is 5.16. The van der Waals surface area contributed by atoms with Gasteiger partial charge in [0.05, 0.1) is 8.07 Å². The van der Waals surface area contributed by atoms with E-state index in [0.29, 0.717) is 0 Å². The second kappa shape index (κ2) is 6.20. The lowest BCUT2D eigenvalue weighted by Crippen LogP contribution is -2.37. The third-order valence-electron chi connectivity index (χ3n) is 4.07. The maximum absolute atomic E-state index is 3.61. The number of rotatable bonds is 5. The molecular weight excluding hydrogens is 248 g/mol. The van der Waals surface area contributed by atoms with Gasteiger partial charge in [0, 0.05) is 13.1 Å². The van der Waals surface area contributed by atoms with E-state index < -0.39 is 8.07 Å². The van der Waals surface area contributed by atoms with Gasteiger partial charge in [-0.25, -0.2) is 0 Å². The van der Waals surface area contributed by atoms with Crippen molar-refractivity contribution in [2.75, 3.05) is 26.7 Å². The molecule has 0 spiro atoms. The van der Waals surface area contributed by atoms with Crippen molar-refractivity contribution < 1.29 is 0 Å². The minimum atomic E-state index is -1.14. The summed E-state index contributed by atoms with van der Waals surface area (Å²) in [6.07, 6.45) is 1.35. The molecule has 0 radical (unpaired) electrons. The van der Waals surface area contributed by atoms with Crippen LogP contribution in [0, 0.1) is 5.92 Å². The molecule has 1 aromatic carbocycles. The van der Waals surface area contributed by atoms with Crippen molar-refractivity contribution in [1.82, 2.24) is 10.2 Å². The van der Waals surface area contributed by atoms with Crippen molar-refractivity contribution in [2.45, 2.75) is 32.6 Å². The highest BCUT2D eigenvalue weighted by Crippen LogP contribution is 2.13. The fraction of sp³-hybridized carbons (Fsp3) is 0.625. The minimum absolute atomic E-state index is 0.839. The Kier molecular flexibility index (Phi) is 4.82. The van der Waals surface area contributed by atoms with Gasteiger partial charge in [-0.2, -0.15) is 0 Å². The number of likely N-dealkylation sites (tertiary alicyclic amines) is 1. The van der Waals surface area contributed by atoms with E-state index in [4.69, 9.17) is 0 Å². The summed E-state index contributed by atoms with van der Waals surface area (Å²) in [5.41, 5.74) is 1.41. The van der Waals surface area contributed by atoms with Crippen LogP contribution in [-0.2, 0) is 6.54 Å². The zero-order valence-electron chi connectivity index (χ0n) is 12.9. The maximum atomic E-state index is 3.61. The molecule has 2 nitrogen and oxygen atoms in total. The predicted octanol–water partition coefficient (Wildman–Crippen LogP) is 2.27. The Labute approximate surface area is 119 Å². The Morgan fingerprint density at radius 1 is 1.21 bits per heavy atom. The first-order valence-electron chi connectivity index (χ1n) is 7.44. The first-order chi connectivity index (χ1) is 8.95. The summed E-state index contributed by atoms with van der Waals surface area (Å²) in [5.74, 6) is 0.839. The normalized spacial score (nSPS) is 20.9. The molecule has 1 saturated heterocycles. The lowest BCUT2D eigenvalue weighted by Gasteiger charge is -2.17. The molecule has 1 unspecified atom stereocenters. The van der Waals surface area contributed by atoms with Gasteiger partial charge in [-0.3, -0.25) is 0 Å². The molecule has 0 bridgehead atoms. The number of nitrogens with one attached hydrogen (secondary N) is 1. The number of hydrogen-bond donors (Lipinski definition) is 1. The van der Waals surface area contributed by atoms with Gasteiger partial charge in [-0.1, -0.05) is 49.1 Å². The average Bonchev–Trinajstić information content (AvgIpc) is 2.75. The molecule has 19 heavy (non-hydrogen) atoms. The summed E-state index contributed by atoms with van der Waals surface area (Å²) in [6, 6.07) is 9.24. The average molecular weight is 276 g/mol. The molecule has 0 aliphatic carbocycles. The monoisotopic (exact) mass is 276 g/mol. The molecule has 1 heterocycles. The van der Waals surface area contributed by atoms with E-state index in [9.17, 15) is 0 Å². The molecule has 106 valence electrons. The fourth-order valence-electron chi connectivity index (χ4n) is 2.74. The van der Waals surface area contributed by atoms with Crippen LogP contribution in [0.1, 0.15) is 12.0 Å². The van der Waals surface area contributed by atoms with Crippen LogP contribution >= 0.6 is 0 Å². The van der Waals surface area contributed by atoms with Crippen LogP contribution < -0.4 is 10.5 Å². The van der Waals surface area contributed by atoms with Crippen LogP contribution in [0.4, 0.5) is 0 Å². The van der Waals surface area contributed by atoms with Gasteiger partial charge in [-0.05, 0) is 38.0 Å². The lowest BCUT2D eigenvalue weighted by atomic mass is 10.1. The molecule has 1 N–H and O–H groups in total. The van der Waals surface area contributed by atoms with E-state index in [2.05, 4.69) is 61.2 Å². The highest BCUT2D eigenvalue weighted by atomic mass is 28.3. The quantitative estimate of drug-likeness (QED) is 0.830. The largest absolute Gasteiger partial charge is 0.312 e. The molecule has 1 aromatic rings. The smallest absolute Gasteiger partial charge is 0.0775 e. The third kappa shape index (κ3) is 4.44. The molecule has 2 rings (SSSR count). The van der Waals surface area contributed by atoms with Crippen molar-refractivity contribution in [3.05, 3.63) is 29.8 Å². The Morgan fingerprint density at radius 3 is 2.42 bits per heavy atom. The zero-order chi connectivity index (χ0) is 13.9. The maximum Gasteiger partial charge on any atom is 0.0775 e. The zero-order valence-corrected chi connectivity index (χ0v) is 13.9. The van der Waals surface area contributed by atoms with E-state index >= 15 is 0 Å². The molecular formula is C16H28N2Si. The van der Waals surface area contributed by atoms with Crippen molar-refractivity contribution in [1.29, 1.82) is 0 Å². The Balaban J connectivity index is 1.77. The summed E-state index contributed by atoms with van der Waals surface area (Å²) in [7, 11) is 1.08. The van der Waals surface area contributed by atoms with Crippen LogP contribution in [0.3, 0.4) is 0 Å². The SMILES string of the molecule is CN1CCC(CNCc2ccc([Si](C)(C)C)cc2)C1. The first kappa shape index (κ1) is 14.8. The topological polar surface area (TPSA) is 15.3 Å². The fourth-order valence-corrected chi connectivity index (χ4v) is 3.90. The molecule has 1 fully saturated rings. The second-order valence-electron chi connectivity index (χ2n) is 6.99. The van der Waals surface area contributed by atoms with E-state index in [-0.39, 0.29) is 0 Å². The highest BCUT2D eigenvalue weighted by Gasteiger charge is 2.18. The van der Waals surface area contributed by atoms with Gasteiger partial charge in [0.1, 0.15) is 0 Å². The van der Waals surface area contributed by atoms with Crippen molar-refractivity contribution in [3.63, 3.8) is 0 Å². The van der Waals surface area contributed by atoms with Gasteiger partial charge in [0.25, 0.3) is 0 Å². The van der Waals surface area contributed by atoms with Crippen LogP contribution in [-0.4, -0.2) is 39.7 Å². The van der Waals surface area contributed by atoms with Gasteiger partial charge in [-0.15, -0.1) is 0 Å². The van der Waals surface area contributed by atoms with Crippen LogP contribution in [0.5, 0.6) is 0 Å². The second-order valence-corrected chi connectivity index (χ2v) is 12.1. The minimum Gasteiger partial charge on any atom is -0.312 e. The van der Waals surface area contributed by atoms with Crippen molar-refractivity contribution in [2.24, 2.45) is 5.92 Å². The molecule has 1 aliphatic heterocycles. The Bertz CT molecular complexity index is 394.